The van der Waals surface area contributed by atoms with Crippen molar-refractivity contribution in [1.29, 1.82) is 0 Å². The molecular weight excluding hydrogens is 518 g/mol. The van der Waals surface area contributed by atoms with E-state index in [0.717, 1.165) is 30.4 Å². The number of hydrogen-bond donors (Lipinski definition) is 3. The number of benzene rings is 2. The minimum atomic E-state index is -1.02. The highest BCUT2D eigenvalue weighted by atomic mass is 16.5. The summed E-state index contributed by atoms with van der Waals surface area (Å²) in [5.41, 5.74) is 1.69. The normalized spacial score (nSPS) is 24.0. The van der Waals surface area contributed by atoms with Crippen molar-refractivity contribution in [3.8, 4) is 0 Å². The van der Waals surface area contributed by atoms with Gasteiger partial charge in [0, 0.05) is 5.92 Å². The first kappa shape index (κ1) is 31.8. The molecule has 0 unspecified atom stereocenters. The van der Waals surface area contributed by atoms with Crippen LogP contribution in [0.5, 0.6) is 0 Å². The van der Waals surface area contributed by atoms with Crippen molar-refractivity contribution >= 4 is 23.7 Å². The Morgan fingerprint density at radius 1 is 0.780 bits per heavy atom. The summed E-state index contributed by atoms with van der Waals surface area (Å²) in [7, 11) is 0. The second-order valence-corrected chi connectivity index (χ2v) is 11.2. The van der Waals surface area contributed by atoms with Gasteiger partial charge >= 0.3 is 5.97 Å². The zero-order valence-corrected chi connectivity index (χ0v) is 24.9. The molecule has 1 aliphatic rings. The summed E-state index contributed by atoms with van der Waals surface area (Å²) in [5.74, 6) is -2.74. The number of esters is 1. The summed E-state index contributed by atoms with van der Waals surface area (Å²) in [6.45, 7) is 9.43. The molecule has 6 atom stereocenters. The molecule has 1 heterocycles. The first-order valence-electron chi connectivity index (χ1n) is 14.9. The van der Waals surface area contributed by atoms with Gasteiger partial charge in [-0.1, -0.05) is 108 Å². The highest BCUT2D eigenvalue weighted by molar-refractivity contribution is 5.94. The fourth-order valence-electron chi connectivity index (χ4n) is 5.22. The van der Waals surface area contributed by atoms with Crippen molar-refractivity contribution in [1.82, 2.24) is 16.0 Å². The molecule has 41 heavy (non-hydrogen) atoms. The molecule has 3 N–H and O–H groups in total. The van der Waals surface area contributed by atoms with E-state index in [-0.39, 0.29) is 18.3 Å². The Hall–Kier alpha value is -3.68. The van der Waals surface area contributed by atoms with Crippen LogP contribution in [0.4, 0.5) is 0 Å². The molecule has 222 valence electrons. The van der Waals surface area contributed by atoms with Crippen LogP contribution in [0.25, 0.3) is 0 Å². The molecule has 0 aliphatic carbocycles. The summed E-state index contributed by atoms with van der Waals surface area (Å²) in [6.07, 6.45) is 2.52. The van der Waals surface area contributed by atoms with Crippen molar-refractivity contribution in [3.63, 3.8) is 0 Å². The number of nitrogens with one attached hydrogen (secondary N) is 3. The zero-order valence-electron chi connectivity index (χ0n) is 24.9. The van der Waals surface area contributed by atoms with Gasteiger partial charge in [-0.3, -0.25) is 14.4 Å². The molecule has 2 aromatic carbocycles. The van der Waals surface area contributed by atoms with Gasteiger partial charge < -0.3 is 20.7 Å². The maximum Gasteiger partial charge on any atom is 0.329 e. The quantitative estimate of drug-likeness (QED) is 0.390. The van der Waals surface area contributed by atoms with E-state index in [2.05, 4.69) is 22.9 Å². The van der Waals surface area contributed by atoms with Crippen LogP contribution in [-0.2, 0) is 23.9 Å². The molecule has 0 radical (unpaired) electrons. The molecule has 3 amide bonds. The molecule has 1 fully saturated rings. The summed E-state index contributed by atoms with van der Waals surface area (Å²) in [4.78, 5) is 54.2. The van der Waals surface area contributed by atoms with E-state index in [9.17, 15) is 19.2 Å². The topological polar surface area (TPSA) is 114 Å². The Morgan fingerprint density at radius 2 is 1.37 bits per heavy atom. The maximum atomic E-state index is 13.9. The van der Waals surface area contributed by atoms with Gasteiger partial charge in [-0.2, -0.15) is 0 Å². The molecular formula is C33H45N3O5. The van der Waals surface area contributed by atoms with Gasteiger partial charge in [-0.25, -0.2) is 4.79 Å². The van der Waals surface area contributed by atoms with Crippen molar-refractivity contribution < 1.29 is 23.9 Å². The number of rotatable bonds is 9. The molecule has 2 aromatic rings. The lowest BCUT2D eigenvalue weighted by Crippen LogP contribution is -2.56. The van der Waals surface area contributed by atoms with Gasteiger partial charge in [-0.05, 0) is 36.3 Å². The Balaban J connectivity index is 2.06. The predicted molar refractivity (Wildman–Crippen MR) is 159 cm³/mol. The average Bonchev–Trinajstić information content (AvgIpc) is 2.98. The van der Waals surface area contributed by atoms with E-state index in [1.807, 2.05) is 81.4 Å². The molecule has 0 spiro atoms. The highest BCUT2D eigenvalue weighted by Gasteiger charge is 2.38. The lowest BCUT2D eigenvalue weighted by molar-refractivity contribution is -0.158. The van der Waals surface area contributed by atoms with Gasteiger partial charge in [0.25, 0.3) is 0 Å². The number of cyclic esters (lactones) is 1. The summed E-state index contributed by atoms with van der Waals surface area (Å²) >= 11 is 0. The largest absolute Gasteiger partial charge is 0.460 e. The van der Waals surface area contributed by atoms with Crippen LogP contribution in [0.15, 0.2) is 60.7 Å². The number of ether oxygens (including phenoxy) is 1. The van der Waals surface area contributed by atoms with Crippen LogP contribution in [0.3, 0.4) is 0 Å². The second-order valence-electron chi connectivity index (χ2n) is 11.2. The van der Waals surface area contributed by atoms with Crippen molar-refractivity contribution in [2.45, 2.75) is 96.9 Å². The average molecular weight is 564 g/mol. The Labute approximate surface area is 244 Å². The van der Waals surface area contributed by atoms with Crippen molar-refractivity contribution in [2.75, 3.05) is 0 Å². The monoisotopic (exact) mass is 563 g/mol. The third-order valence-electron chi connectivity index (χ3n) is 8.07. The van der Waals surface area contributed by atoms with Crippen LogP contribution in [0, 0.1) is 11.8 Å². The van der Waals surface area contributed by atoms with Gasteiger partial charge in [0.05, 0.1) is 6.42 Å². The molecule has 0 aromatic heterocycles. The van der Waals surface area contributed by atoms with Crippen LogP contribution < -0.4 is 16.0 Å². The van der Waals surface area contributed by atoms with Crippen LogP contribution in [0.1, 0.15) is 83.8 Å². The number of amides is 3. The fraction of sp³-hybridized carbons (Fsp3) is 0.515. The van der Waals surface area contributed by atoms with E-state index >= 15 is 0 Å². The lowest BCUT2D eigenvalue weighted by atomic mass is 9.84. The standard InChI is InChI=1S/C33H45N3O5/c1-6-8-15-22(4)26-20-27(37)35-30(28(24-16-11-9-12-17-24)25-18-13-10-14-19-25)32(39)34-23(5)31(38)36-29(21(3)7-2)33(40)41-26/h9-14,16-19,21-23,26,28-30H,6-8,15,20H2,1-5H3,(H,34,39)(H,35,37)(H,36,38)/t21-,22+,23+,26-,29+,30+/m1/s1. The molecule has 1 aliphatic heterocycles. The first-order chi connectivity index (χ1) is 19.7. The smallest absolute Gasteiger partial charge is 0.329 e. The van der Waals surface area contributed by atoms with E-state index < -0.39 is 53.8 Å². The van der Waals surface area contributed by atoms with Crippen molar-refractivity contribution in [3.05, 3.63) is 71.8 Å². The Bertz CT molecular complexity index is 1120. The molecule has 3 rings (SSSR count). The highest BCUT2D eigenvalue weighted by Crippen LogP contribution is 2.29. The lowest BCUT2D eigenvalue weighted by Gasteiger charge is -2.30. The molecule has 8 heteroatoms. The van der Waals surface area contributed by atoms with E-state index in [1.165, 1.54) is 0 Å². The minimum absolute atomic E-state index is 0.0895. The summed E-state index contributed by atoms with van der Waals surface area (Å²) < 4.78 is 5.98. The van der Waals surface area contributed by atoms with Gasteiger partial charge in [0.15, 0.2) is 0 Å². The number of unbranched alkanes of at least 4 members (excludes halogenated alkanes) is 1. The molecule has 8 nitrogen and oxygen atoms in total. The number of carbonyl (C=O) groups is 4. The number of hydrogen-bond acceptors (Lipinski definition) is 5. The summed E-state index contributed by atoms with van der Waals surface area (Å²) in [6, 6.07) is 16.2. The molecule has 0 bridgehead atoms. The van der Waals surface area contributed by atoms with Crippen molar-refractivity contribution in [2.24, 2.45) is 11.8 Å². The Kier molecular flexibility index (Phi) is 11.9. The van der Waals surface area contributed by atoms with Crippen LogP contribution in [-0.4, -0.2) is 47.9 Å². The molecule has 1 saturated heterocycles. The first-order valence-corrected chi connectivity index (χ1v) is 14.9. The number of carbonyl (C=O) groups excluding carboxylic acids is 4. The zero-order chi connectivity index (χ0) is 29.9. The van der Waals surface area contributed by atoms with E-state index in [1.54, 1.807) is 6.92 Å². The third kappa shape index (κ3) is 8.65. The van der Waals surface area contributed by atoms with Gasteiger partial charge in [0.1, 0.15) is 24.2 Å². The predicted octanol–water partition coefficient (Wildman–Crippen LogP) is 4.48. The van der Waals surface area contributed by atoms with Gasteiger partial charge in [0.2, 0.25) is 17.7 Å². The minimum Gasteiger partial charge on any atom is -0.460 e. The summed E-state index contributed by atoms with van der Waals surface area (Å²) in [5, 5.41) is 8.57. The molecule has 0 saturated carbocycles. The van der Waals surface area contributed by atoms with Gasteiger partial charge in [-0.15, -0.1) is 0 Å². The second kappa shape index (κ2) is 15.4. The Morgan fingerprint density at radius 3 is 1.90 bits per heavy atom. The van der Waals surface area contributed by atoms with Crippen LogP contribution >= 0.6 is 0 Å². The van der Waals surface area contributed by atoms with Crippen LogP contribution in [0.2, 0.25) is 0 Å². The third-order valence-corrected chi connectivity index (χ3v) is 8.07. The van der Waals surface area contributed by atoms with E-state index in [0.29, 0.717) is 6.42 Å². The maximum absolute atomic E-state index is 13.9. The van der Waals surface area contributed by atoms with E-state index in [4.69, 9.17) is 4.74 Å². The SMILES string of the molecule is CCCC[C@H](C)[C@H]1CC(=O)N[C@@H](C(c2ccccc2)c2ccccc2)C(=O)N[C@@H](C)C(=O)N[C@@H]([C@H](C)CC)C(=O)O1. The fourth-order valence-corrected chi connectivity index (χ4v) is 5.22.